The minimum Gasteiger partial charge on any atom is -0.297 e. The van der Waals surface area contributed by atoms with Crippen molar-refractivity contribution in [3.05, 3.63) is 61.1 Å². The van der Waals surface area contributed by atoms with E-state index in [1.54, 1.807) is 13.8 Å². The molecule has 0 saturated heterocycles. The van der Waals surface area contributed by atoms with E-state index >= 15 is 0 Å². The molecule has 0 bridgehead atoms. The van der Waals surface area contributed by atoms with Gasteiger partial charge in [-0.3, -0.25) is 9.78 Å². The lowest BCUT2D eigenvalue weighted by atomic mass is 10.2. The maximum Gasteiger partial charge on any atom is 0.334 e. The molecule has 0 aliphatic heterocycles. The van der Waals surface area contributed by atoms with Crippen molar-refractivity contribution < 1.29 is 4.39 Å². The highest BCUT2D eigenvalue weighted by molar-refractivity contribution is 6.30. The van der Waals surface area contributed by atoms with Crippen molar-refractivity contribution in [2.45, 2.75) is 20.3 Å². The third-order valence-electron chi connectivity index (χ3n) is 2.90. The molecule has 6 heteroatoms. The molecule has 1 N–H and O–H groups in total. The molecule has 1 aromatic heterocycles. The number of aromatic nitrogens is 2. The number of nitrogens with zero attached hydrogens (tertiary/aromatic N) is 1. The highest BCUT2D eigenvalue weighted by atomic mass is 35.5. The van der Waals surface area contributed by atoms with Gasteiger partial charge in [0.1, 0.15) is 11.0 Å². The Hall–Kier alpha value is -1.88. The van der Waals surface area contributed by atoms with Crippen molar-refractivity contribution in [3.8, 4) is 5.69 Å². The van der Waals surface area contributed by atoms with Crippen LogP contribution >= 0.6 is 11.6 Å². The number of rotatable bonds is 2. The average Bonchev–Trinajstić information content (AvgIpc) is 2.31. The summed E-state index contributed by atoms with van der Waals surface area (Å²) >= 11 is 5.83. The molecule has 2 aromatic rings. The van der Waals surface area contributed by atoms with Gasteiger partial charge in [0.2, 0.25) is 0 Å². The van der Waals surface area contributed by atoms with Crippen LogP contribution < -0.4 is 11.2 Å². The highest BCUT2D eigenvalue weighted by Crippen LogP contribution is 2.13. The van der Waals surface area contributed by atoms with Crippen molar-refractivity contribution in [1.29, 1.82) is 0 Å². The van der Waals surface area contributed by atoms with Crippen molar-refractivity contribution in [3.63, 3.8) is 0 Å². The Bertz CT molecular complexity index is 749. The third kappa shape index (κ3) is 2.33. The molecule has 0 radical (unpaired) electrons. The van der Waals surface area contributed by atoms with E-state index in [-0.39, 0.29) is 5.15 Å². The van der Waals surface area contributed by atoms with E-state index in [2.05, 4.69) is 4.98 Å². The van der Waals surface area contributed by atoms with Crippen LogP contribution in [0.1, 0.15) is 18.1 Å². The van der Waals surface area contributed by atoms with Gasteiger partial charge in [-0.1, -0.05) is 18.5 Å². The van der Waals surface area contributed by atoms with Crippen LogP contribution in [0.25, 0.3) is 5.69 Å². The number of aromatic amines is 1. The second kappa shape index (κ2) is 5.01. The van der Waals surface area contributed by atoms with Gasteiger partial charge in [0.25, 0.3) is 5.56 Å². The number of hydrogen-bond donors (Lipinski definition) is 1. The molecule has 0 atom stereocenters. The van der Waals surface area contributed by atoms with E-state index in [1.165, 1.54) is 18.2 Å². The van der Waals surface area contributed by atoms with Gasteiger partial charge in [-0.2, -0.15) is 0 Å². The van der Waals surface area contributed by atoms with Gasteiger partial charge in [0.05, 0.1) is 11.3 Å². The zero-order chi connectivity index (χ0) is 14.2. The molecule has 0 saturated carbocycles. The highest BCUT2D eigenvalue weighted by Gasteiger charge is 2.14. The maximum atomic E-state index is 13.1. The number of nitrogens with one attached hydrogen (secondary N) is 1. The van der Waals surface area contributed by atoms with Crippen molar-refractivity contribution in [2.24, 2.45) is 0 Å². The Morgan fingerprint density at radius 2 is 2.05 bits per heavy atom. The standard InChI is InChI=1S/C13H12ClFN2O2/c1-3-9-11(14)16-13(19)17(12(9)18)10-5-4-8(15)6-7(10)2/h4-6H,3H2,1-2H3,(H,16,19). The predicted octanol–water partition coefficient (Wildman–Crippen LogP) is 2.19. The summed E-state index contributed by atoms with van der Waals surface area (Å²) in [6, 6.07) is 3.87. The largest absolute Gasteiger partial charge is 0.334 e. The molecule has 0 aliphatic rings. The predicted molar refractivity (Wildman–Crippen MR) is 71.7 cm³/mol. The maximum absolute atomic E-state index is 13.1. The Morgan fingerprint density at radius 3 is 2.63 bits per heavy atom. The van der Waals surface area contributed by atoms with Crippen molar-refractivity contribution >= 4 is 11.6 Å². The first-order valence-corrected chi connectivity index (χ1v) is 6.13. The molecule has 1 aromatic carbocycles. The summed E-state index contributed by atoms with van der Waals surface area (Å²) < 4.78 is 14.1. The lowest BCUT2D eigenvalue weighted by Crippen LogP contribution is -2.36. The monoisotopic (exact) mass is 282 g/mol. The van der Waals surface area contributed by atoms with Gasteiger partial charge >= 0.3 is 5.69 Å². The van der Waals surface area contributed by atoms with Gasteiger partial charge < -0.3 is 0 Å². The van der Waals surface area contributed by atoms with Gasteiger partial charge in [0, 0.05) is 0 Å². The quantitative estimate of drug-likeness (QED) is 0.859. The molecule has 0 spiro atoms. The molecule has 1 heterocycles. The fourth-order valence-corrected chi connectivity index (χ4v) is 2.24. The van der Waals surface area contributed by atoms with E-state index in [0.29, 0.717) is 23.2 Å². The first kappa shape index (κ1) is 13.5. The van der Waals surface area contributed by atoms with Crippen LogP contribution in [0.2, 0.25) is 5.15 Å². The van der Waals surface area contributed by atoms with Crippen LogP contribution in [-0.2, 0) is 6.42 Å². The summed E-state index contributed by atoms with van der Waals surface area (Å²) in [6.07, 6.45) is 0.398. The molecule has 0 unspecified atom stereocenters. The fraction of sp³-hybridized carbons (Fsp3) is 0.231. The number of benzene rings is 1. The van der Waals surface area contributed by atoms with Crippen LogP contribution in [0, 0.1) is 12.7 Å². The normalized spacial score (nSPS) is 10.7. The average molecular weight is 283 g/mol. The van der Waals surface area contributed by atoms with Gasteiger partial charge in [-0.05, 0) is 37.1 Å². The van der Waals surface area contributed by atoms with E-state index in [4.69, 9.17) is 11.6 Å². The minimum absolute atomic E-state index is 0.0496. The summed E-state index contributed by atoms with van der Waals surface area (Å²) in [5.74, 6) is -0.421. The molecule has 0 amide bonds. The number of hydrogen-bond acceptors (Lipinski definition) is 2. The summed E-state index contributed by atoms with van der Waals surface area (Å²) in [4.78, 5) is 26.6. The Morgan fingerprint density at radius 1 is 1.37 bits per heavy atom. The smallest absolute Gasteiger partial charge is 0.297 e. The fourth-order valence-electron chi connectivity index (χ4n) is 1.94. The molecule has 0 fully saturated rings. The molecule has 100 valence electrons. The molecular formula is C13H12ClFN2O2. The SMILES string of the molecule is CCc1c(Cl)[nH]c(=O)n(-c2ccc(F)cc2C)c1=O. The van der Waals surface area contributed by atoms with Gasteiger partial charge in [-0.25, -0.2) is 13.8 Å². The number of H-pyrrole nitrogens is 1. The first-order valence-electron chi connectivity index (χ1n) is 5.76. The Kier molecular flexibility index (Phi) is 3.57. The summed E-state index contributed by atoms with van der Waals surface area (Å²) in [5, 5.41) is 0.0496. The van der Waals surface area contributed by atoms with Crippen LogP contribution in [0.3, 0.4) is 0 Å². The van der Waals surface area contributed by atoms with Crippen molar-refractivity contribution in [2.75, 3.05) is 0 Å². The van der Waals surface area contributed by atoms with Crippen LogP contribution in [0.4, 0.5) is 4.39 Å². The lowest BCUT2D eigenvalue weighted by Gasteiger charge is -2.10. The zero-order valence-corrected chi connectivity index (χ0v) is 11.2. The number of aryl methyl sites for hydroxylation is 1. The molecular weight excluding hydrogens is 271 g/mol. The Balaban J connectivity index is 2.83. The van der Waals surface area contributed by atoms with Crippen LogP contribution in [-0.4, -0.2) is 9.55 Å². The van der Waals surface area contributed by atoms with Crippen LogP contribution in [0.15, 0.2) is 27.8 Å². The van der Waals surface area contributed by atoms with Gasteiger partial charge in [-0.15, -0.1) is 0 Å². The van der Waals surface area contributed by atoms with E-state index in [9.17, 15) is 14.0 Å². The molecule has 19 heavy (non-hydrogen) atoms. The van der Waals surface area contributed by atoms with E-state index in [0.717, 1.165) is 4.57 Å². The van der Waals surface area contributed by atoms with E-state index < -0.39 is 17.1 Å². The lowest BCUT2D eigenvalue weighted by molar-refractivity contribution is 0.625. The van der Waals surface area contributed by atoms with Crippen LogP contribution in [0.5, 0.6) is 0 Å². The number of halogens is 2. The van der Waals surface area contributed by atoms with Gasteiger partial charge in [0.15, 0.2) is 0 Å². The van der Waals surface area contributed by atoms with E-state index in [1.807, 2.05) is 0 Å². The summed E-state index contributed by atoms with van der Waals surface area (Å²) in [5.41, 5.74) is 0.0499. The second-order valence-electron chi connectivity index (χ2n) is 4.15. The molecule has 0 aliphatic carbocycles. The summed E-state index contributed by atoms with van der Waals surface area (Å²) in [7, 11) is 0. The Labute approximate surface area is 113 Å². The molecule has 2 rings (SSSR count). The third-order valence-corrected chi connectivity index (χ3v) is 3.22. The first-order chi connectivity index (χ1) is 8.95. The zero-order valence-electron chi connectivity index (χ0n) is 10.5. The second-order valence-corrected chi connectivity index (χ2v) is 4.53. The summed E-state index contributed by atoms with van der Waals surface area (Å²) in [6.45, 7) is 3.40. The topological polar surface area (TPSA) is 54.9 Å². The molecule has 4 nitrogen and oxygen atoms in total. The van der Waals surface area contributed by atoms with Crippen molar-refractivity contribution in [1.82, 2.24) is 9.55 Å². The minimum atomic E-state index is -0.637.